The van der Waals surface area contributed by atoms with E-state index in [2.05, 4.69) is 0 Å². The van der Waals surface area contributed by atoms with Crippen molar-refractivity contribution in [1.82, 2.24) is 4.90 Å². The maximum atomic E-state index is 14.2. The Morgan fingerprint density at radius 2 is 1.55 bits per heavy atom. The van der Waals surface area contributed by atoms with Crippen LogP contribution in [0.1, 0.15) is 44.7 Å². The first-order valence-electron chi connectivity index (χ1n) is 12.2. The van der Waals surface area contributed by atoms with Gasteiger partial charge in [0.05, 0.1) is 5.69 Å². The van der Waals surface area contributed by atoms with E-state index in [0.717, 1.165) is 26.7 Å². The van der Waals surface area contributed by atoms with Crippen molar-refractivity contribution in [3.8, 4) is 11.1 Å². The molecule has 3 amide bonds. The number of halogens is 5. The molecule has 0 saturated heterocycles. The van der Waals surface area contributed by atoms with E-state index in [0.29, 0.717) is 28.3 Å². The van der Waals surface area contributed by atoms with Gasteiger partial charge in [0.2, 0.25) is 11.8 Å². The summed E-state index contributed by atoms with van der Waals surface area (Å²) in [6.45, 7) is 1.45. The molecule has 0 radical (unpaired) electrons. The minimum atomic E-state index is -5.86. The third-order valence-corrected chi connectivity index (χ3v) is 7.18. The Kier molecular flexibility index (Phi) is 7.00. The van der Waals surface area contributed by atoms with Gasteiger partial charge in [-0.05, 0) is 49.8 Å². The summed E-state index contributed by atoms with van der Waals surface area (Å²) in [5.74, 6) is -7.82. The van der Waals surface area contributed by atoms with Crippen molar-refractivity contribution >= 4 is 23.4 Å². The van der Waals surface area contributed by atoms with Crippen molar-refractivity contribution in [2.24, 2.45) is 17.1 Å². The van der Waals surface area contributed by atoms with Gasteiger partial charge in [-0.2, -0.15) is 22.0 Å². The molecule has 1 atom stereocenters. The highest BCUT2D eigenvalue weighted by Gasteiger charge is 2.58. The summed E-state index contributed by atoms with van der Waals surface area (Å²) in [6, 6.07) is 12.0. The number of alkyl halides is 5. The van der Waals surface area contributed by atoms with Crippen molar-refractivity contribution in [3.63, 3.8) is 0 Å². The maximum Gasteiger partial charge on any atom is 0.453 e. The number of anilines is 1. The summed E-state index contributed by atoms with van der Waals surface area (Å²) in [7, 11) is 0. The molecule has 0 aromatic heterocycles. The largest absolute Gasteiger partial charge is 0.453 e. The Hall–Kier alpha value is -3.50. The summed E-state index contributed by atoms with van der Waals surface area (Å²) in [4.78, 5) is 42.2. The highest BCUT2D eigenvalue weighted by molar-refractivity contribution is 6.09. The molecule has 204 valence electrons. The van der Waals surface area contributed by atoms with Gasteiger partial charge in [0, 0.05) is 25.1 Å². The Morgan fingerprint density at radius 3 is 2.13 bits per heavy atom. The van der Waals surface area contributed by atoms with Crippen LogP contribution in [0.25, 0.3) is 11.1 Å². The first-order valence-corrected chi connectivity index (χ1v) is 12.2. The minimum absolute atomic E-state index is 0.189. The number of nitrogens with two attached hydrogens (primary N) is 1. The molecule has 1 aliphatic carbocycles. The number of hydrogen-bond acceptors (Lipinski definition) is 3. The normalized spacial score (nSPS) is 17.9. The lowest BCUT2D eigenvalue weighted by Gasteiger charge is -2.38. The first-order chi connectivity index (χ1) is 17.7. The van der Waals surface area contributed by atoms with Gasteiger partial charge in [0.15, 0.2) is 0 Å². The van der Waals surface area contributed by atoms with Crippen LogP contribution in [0.3, 0.4) is 0 Å². The third-order valence-electron chi connectivity index (χ3n) is 7.18. The van der Waals surface area contributed by atoms with Gasteiger partial charge in [-0.25, -0.2) is 0 Å². The molecule has 2 aliphatic rings. The first kappa shape index (κ1) is 27.5. The standard InChI is InChI=1S/C27H28F5N3O3/c1-25(2,23(33)37)24(38)34(14-13-26(28,29)27(30,31)32)21-19-9-4-3-7-17(19)18-8-5-6-10-20(18)35(22(21)36)15-16-11-12-16/h3-10,16,21H,11-15H2,1-2H3,(H2,33,37)/t21-/m0/s1. The number of fused-ring (bicyclic) bond motifs is 3. The molecule has 11 heteroatoms. The van der Waals surface area contributed by atoms with Crippen molar-refractivity contribution in [2.45, 2.75) is 51.3 Å². The Morgan fingerprint density at radius 1 is 0.974 bits per heavy atom. The van der Waals surface area contributed by atoms with Crippen LogP contribution in [0.2, 0.25) is 0 Å². The zero-order chi connectivity index (χ0) is 28.0. The fourth-order valence-electron chi connectivity index (χ4n) is 4.58. The molecule has 0 unspecified atom stereocenters. The Bertz CT molecular complexity index is 1260. The van der Waals surface area contributed by atoms with Crippen LogP contribution in [0.15, 0.2) is 48.5 Å². The Labute approximate surface area is 216 Å². The number of rotatable bonds is 8. The monoisotopic (exact) mass is 537 g/mol. The van der Waals surface area contributed by atoms with Crippen LogP contribution < -0.4 is 10.6 Å². The van der Waals surface area contributed by atoms with Gasteiger partial charge >= 0.3 is 12.1 Å². The summed E-state index contributed by atoms with van der Waals surface area (Å²) < 4.78 is 67.3. The van der Waals surface area contributed by atoms with E-state index in [1.807, 2.05) is 0 Å². The molecule has 6 nitrogen and oxygen atoms in total. The quantitative estimate of drug-likeness (QED) is 0.377. The van der Waals surface area contributed by atoms with Crippen LogP contribution in [-0.2, 0) is 14.4 Å². The topological polar surface area (TPSA) is 83.7 Å². The molecule has 1 saturated carbocycles. The van der Waals surface area contributed by atoms with Gasteiger partial charge in [0.1, 0.15) is 11.5 Å². The van der Waals surface area contributed by atoms with Crippen LogP contribution in [0.4, 0.5) is 27.6 Å². The van der Waals surface area contributed by atoms with Gasteiger partial charge in [-0.15, -0.1) is 0 Å². The summed E-state index contributed by atoms with van der Waals surface area (Å²) in [5.41, 5.74) is 5.41. The van der Waals surface area contributed by atoms with Gasteiger partial charge in [0.25, 0.3) is 5.91 Å². The molecule has 1 fully saturated rings. The highest BCUT2D eigenvalue weighted by atomic mass is 19.4. The number of hydrogen-bond donors (Lipinski definition) is 1. The number of para-hydroxylation sites is 1. The van der Waals surface area contributed by atoms with Crippen LogP contribution in [0, 0.1) is 11.3 Å². The molecule has 38 heavy (non-hydrogen) atoms. The smallest absolute Gasteiger partial charge is 0.369 e. The number of nitrogens with zero attached hydrogens (tertiary/aromatic N) is 2. The molecule has 0 bridgehead atoms. The number of primary amides is 1. The van der Waals surface area contributed by atoms with Crippen LogP contribution in [0.5, 0.6) is 0 Å². The fraction of sp³-hybridized carbons (Fsp3) is 0.444. The van der Waals surface area contributed by atoms with Crippen molar-refractivity contribution in [2.75, 3.05) is 18.0 Å². The van der Waals surface area contributed by atoms with Gasteiger partial charge in [-0.3, -0.25) is 14.4 Å². The van der Waals surface area contributed by atoms with Crippen LogP contribution in [-0.4, -0.2) is 47.8 Å². The van der Waals surface area contributed by atoms with E-state index in [9.17, 15) is 36.3 Å². The Balaban J connectivity index is 1.89. The number of amides is 3. The number of carbonyl (C=O) groups is 3. The molecule has 1 aliphatic heterocycles. The zero-order valence-electron chi connectivity index (χ0n) is 20.9. The second-order valence-corrected chi connectivity index (χ2v) is 10.3. The van der Waals surface area contributed by atoms with Crippen molar-refractivity contribution in [1.29, 1.82) is 0 Å². The third kappa shape index (κ3) is 4.98. The molecule has 4 rings (SSSR count). The molecule has 2 N–H and O–H groups in total. The number of carbonyl (C=O) groups excluding carboxylic acids is 3. The van der Waals surface area contributed by atoms with Gasteiger partial charge in [-0.1, -0.05) is 42.5 Å². The van der Waals surface area contributed by atoms with Crippen molar-refractivity contribution < 1.29 is 36.3 Å². The lowest BCUT2D eigenvalue weighted by Crippen LogP contribution is -2.54. The van der Waals surface area contributed by atoms with Crippen LogP contribution >= 0.6 is 0 Å². The minimum Gasteiger partial charge on any atom is -0.369 e. The zero-order valence-corrected chi connectivity index (χ0v) is 20.9. The molecular formula is C27H28F5N3O3. The molecular weight excluding hydrogens is 509 g/mol. The SMILES string of the molecule is CC(C)(C(N)=O)C(=O)N(CCC(F)(F)C(F)(F)F)[C@@H]1C(=O)N(CC2CC2)c2ccccc2-c2ccccc21. The van der Waals surface area contributed by atoms with E-state index in [1.54, 1.807) is 42.5 Å². The molecule has 0 spiro atoms. The summed E-state index contributed by atoms with van der Waals surface area (Å²) >= 11 is 0. The fourth-order valence-corrected chi connectivity index (χ4v) is 4.58. The summed E-state index contributed by atoms with van der Waals surface area (Å²) in [6.07, 6.45) is -5.91. The second-order valence-electron chi connectivity index (χ2n) is 10.3. The van der Waals surface area contributed by atoms with E-state index in [4.69, 9.17) is 5.73 Å². The predicted octanol–water partition coefficient (Wildman–Crippen LogP) is 5.08. The number of benzene rings is 2. The lowest BCUT2D eigenvalue weighted by molar-refractivity contribution is -0.285. The van der Waals surface area contributed by atoms with E-state index in [1.165, 1.54) is 11.0 Å². The second kappa shape index (κ2) is 9.67. The maximum absolute atomic E-state index is 14.2. The summed E-state index contributed by atoms with van der Waals surface area (Å²) in [5, 5.41) is 0. The average molecular weight is 538 g/mol. The molecule has 2 aromatic carbocycles. The average Bonchev–Trinajstić information content (AvgIpc) is 3.68. The lowest BCUT2D eigenvalue weighted by atomic mass is 9.88. The van der Waals surface area contributed by atoms with E-state index in [-0.39, 0.29) is 11.5 Å². The van der Waals surface area contributed by atoms with Crippen molar-refractivity contribution in [3.05, 3.63) is 54.1 Å². The van der Waals surface area contributed by atoms with E-state index >= 15 is 0 Å². The highest BCUT2D eigenvalue weighted by Crippen LogP contribution is 2.45. The predicted molar refractivity (Wildman–Crippen MR) is 130 cm³/mol. The molecule has 2 aromatic rings. The molecule has 1 heterocycles. The van der Waals surface area contributed by atoms with Gasteiger partial charge < -0.3 is 15.5 Å². The van der Waals surface area contributed by atoms with E-state index < -0.39 is 54.2 Å².